The zero-order valence-corrected chi connectivity index (χ0v) is 18.3. The summed E-state index contributed by atoms with van der Waals surface area (Å²) in [6, 6.07) is 9.16. The summed E-state index contributed by atoms with van der Waals surface area (Å²) < 4.78 is 33.6. The molecule has 2 heterocycles. The highest BCUT2D eigenvalue weighted by Gasteiger charge is 2.49. The lowest BCUT2D eigenvalue weighted by Gasteiger charge is -2.39. The average Bonchev–Trinajstić information content (AvgIpc) is 3.02. The molecular formula is C24H27F2N3O3. The van der Waals surface area contributed by atoms with Gasteiger partial charge in [-0.3, -0.25) is 0 Å². The maximum absolute atomic E-state index is 13.8. The third-order valence-electron chi connectivity index (χ3n) is 5.80. The first-order valence-corrected chi connectivity index (χ1v) is 10.5. The summed E-state index contributed by atoms with van der Waals surface area (Å²) >= 11 is 0. The number of aliphatic hydroxyl groups excluding tert-OH is 1. The summed E-state index contributed by atoms with van der Waals surface area (Å²) in [6.07, 6.45) is 2.69. The van der Waals surface area contributed by atoms with Crippen LogP contribution in [-0.4, -0.2) is 35.9 Å². The lowest BCUT2D eigenvalue weighted by Crippen LogP contribution is -2.42. The zero-order chi connectivity index (χ0) is 23.0. The minimum absolute atomic E-state index is 0.0232. The summed E-state index contributed by atoms with van der Waals surface area (Å²) in [6.45, 7) is 4.03. The first-order chi connectivity index (χ1) is 15.2. The van der Waals surface area contributed by atoms with Gasteiger partial charge in [-0.25, -0.2) is 23.7 Å². The van der Waals surface area contributed by atoms with E-state index in [1.54, 1.807) is 19.2 Å². The van der Waals surface area contributed by atoms with Crippen LogP contribution in [0.3, 0.4) is 0 Å². The van der Waals surface area contributed by atoms with Gasteiger partial charge in [-0.15, -0.1) is 0 Å². The highest BCUT2D eigenvalue weighted by molar-refractivity contribution is 5.79. The lowest BCUT2D eigenvalue weighted by atomic mass is 9.84. The minimum atomic E-state index is -1.12. The van der Waals surface area contributed by atoms with Crippen LogP contribution in [0.2, 0.25) is 0 Å². The lowest BCUT2D eigenvalue weighted by molar-refractivity contribution is -0.193. The molecule has 0 aliphatic carbocycles. The fraction of sp³-hybridized carbons (Fsp3) is 0.375. The first-order valence-electron chi connectivity index (χ1n) is 10.5. The van der Waals surface area contributed by atoms with Gasteiger partial charge in [0.25, 0.3) is 0 Å². The van der Waals surface area contributed by atoms with Crippen LogP contribution in [0.1, 0.15) is 32.3 Å². The molecular weight excluding hydrogens is 416 g/mol. The quantitative estimate of drug-likeness (QED) is 0.681. The molecule has 3 N–H and O–H groups in total. The van der Waals surface area contributed by atoms with E-state index in [-0.39, 0.29) is 24.6 Å². The number of hydrogen-bond donors (Lipinski definition) is 2. The maximum Gasteiger partial charge on any atom is 0.221 e. The van der Waals surface area contributed by atoms with E-state index < -0.39 is 17.4 Å². The number of hydrogen-bond acceptors (Lipinski definition) is 6. The topological polar surface area (TPSA) is 80.3 Å². The SMILES string of the molecule is CC(C)=CC(CCO)C1CC2(N=C(N)N(C)O2)c2cc(-c3ccc(F)c(F)c3)ccc2O1. The molecule has 32 heavy (non-hydrogen) atoms. The van der Waals surface area contributed by atoms with Crippen molar-refractivity contribution in [2.24, 2.45) is 16.6 Å². The molecule has 2 aromatic carbocycles. The van der Waals surface area contributed by atoms with Crippen molar-refractivity contribution in [2.75, 3.05) is 13.7 Å². The number of nitrogens with zero attached hydrogens (tertiary/aromatic N) is 2. The molecule has 0 saturated heterocycles. The van der Waals surface area contributed by atoms with Crippen LogP contribution in [0, 0.1) is 17.6 Å². The molecule has 8 heteroatoms. The van der Waals surface area contributed by atoms with Gasteiger partial charge in [0.15, 0.2) is 11.6 Å². The minimum Gasteiger partial charge on any atom is -0.489 e. The molecule has 3 atom stereocenters. The van der Waals surface area contributed by atoms with Gasteiger partial charge >= 0.3 is 0 Å². The molecule has 2 aliphatic rings. The van der Waals surface area contributed by atoms with Crippen LogP contribution in [-0.2, 0) is 10.6 Å². The predicted octanol–water partition coefficient (Wildman–Crippen LogP) is 4.09. The number of aliphatic imine (C=N–C) groups is 1. The number of hydroxylamine groups is 2. The Morgan fingerprint density at radius 3 is 2.59 bits per heavy atom. The zero-order valence-electron chi connectivity index (χ0n) is 18.3. The number of benzene rings is 2. The molecule has 0 aromatic heterocycles. The van der Waals surface area contributed by atoms with Crippen molar-refractivity contribution in [3.8, 4) is 16.9 Å². The Morgan fingerprint density at radius 1 is 1.25 bits per heavy atom. The predicted molar refractivity (Wildman–Crippen MR) is 118 cm³/mol. The van der Waals surface area contributed by atoms with Gasteiger partial charge < -0.3 is 15.6 Å². The molecule has 6 nitrogen and oxygen atoms in total. The third-order valence-corrected chi connectivity index (χ3v) is 5.80. The van der Waals surface area contributed by atoms with E-state index in [9.17, 15) is 13.9 Å². The number of halogens is 2. The smallest absolute Gasteiger partial charge is 0.221 e. The second-order valence-electron chi connectivity index (χ2n) is 8.46. The van der Waals surface area contributed by atoms with Gasteiger partial charge in [0.1, 0.15) is 11.9 Å². The van der Waals surface area contributed by atoms with E-state index in [1.165, 1.54) is 11.1 Å². The normalized spacial score (nSPS) is 22.9. The van der Waals surface area contributed by atoms with Crippen molar-refractivity contribution in [3.63, 3.8) is 0 Å². The number of ether oxygens (including phenoxy) is 1. The first kappa shape index (κ1) is 22.2. The van der Waals surface area contributed by atoms with Crippen LogP contribution in [0.15, 0.2) is 53.0 Å². The highest BCUT2D eigenvalue weighted by atomic mass is 19.2. The molecule has 0 amide bonds. The maximum atomic E-state index is 13.8. The largest absolute Gasteiger partial charge is 0.489 e. The van der Waals surface area contributed by atoms with Crippen molar-refractivity contribution < 1.29 is 23.5 Å². The Balaban J connectivity index is 1.80. The third kappa shape index (κ3) is 4.08. The second kappa shape index (κ2) is 8.52. The average molecular weight is 443 g/mol. The Bertz CT molecular complexity index is 1080. The molecule has 170 valence electrons. The molecule has 0 bridgehead atoms. The number of nitrogens with two attached hydrogens (primary N) is 1. The van der Waals surface area contributed by atoms with Gasteiger partial charge in [-0.05, 0) is 55.7 Å². The Labute approximate surface area is 185 Å². The van der Waals surface area contributed by atoms with E-state index in [4.69, 9.17) is 15.3 Å². The van der Waals surface area contributed by atoms with Gasteiger partial charge in [0.05, 0.1) is 5.56 Å². The Kier molecular flexibility index (Phi) is 5.92. The molecule has 2 aliphatic heterocycles. The number of allylic oxidation sites excluding steroid dienone is 1. The molecule has 2 aromatic rings. The summed E-state index contributed by atoms with van der Waals surface area (Å²) in [5, 5.41) is 11.0. The molecule has 3 unspecified atom stereocenters. The molecule has 0 radical (unpaired) electrons. The number of guanidine groups is 1. The highest BCUT2D eigenvalue weighted by Crippen LogP contribution is 2.48. The summed E-state index contributed by atoms with van der Waals surface area (Å²) in [5.74, 6) is -1.06. The van der Waals surface area contributed by atoms with E-state index in [1.807, 2.05) is 19.9 Å². The van der Waals surface area contributed by atoms with Crippen molar-refractivity contribution in [2.45, 2.75) is 38.5 Å². The van der Waals surface area contributed by atoms with E-state index >= 15 is 0 Å². The Morgan fingerprint density at radius 2 is 1.97 bits per heavy atom. The Hall–Kier alpha value is -2.97. The summed E-state index contributed by atoms with van der Waals surface area (Å²) in [4.78, 5) is 10.8. The summed E-state index contributed by atoms with van der Waals surface area (Å²) in [7, 11) is 1.68. The van der Waals surface area contributed by atoms with Crippen molar-refractivity contribution in [1.29, 1.82) is 0 Å². The van der Waals surface area contributed by atoms with Crippen molar-refractivity contribution >= 4 is 5.96 Å². The summed E-state index contributed by atoms with van der Waals surface area (Å²) in [5.41, 5.74) is 7.91. The standard InChI is InChI=1S/C24H27F2N3O3/c1-14(2)10-17(8-9-30)22-13-24(28-23(27)29(3)32-24)18-11-15(5-7-21(18)31-22)16-4-6-19(25)20(26)12-16/h4-7,10-12,17,22,30H,8-9,13H2,1-3H3,(H2,27,28). The molecule has 0 saturated carbocycles. The molecule has 0 fully saturated rings. The molecule has 1 spiro atoms. The van der Waals surface area contributed by atoms with E-state index in [0.717, 1.165) is 17.7 Å². The van der Waals surface area contributed by atoms with E-state index in [0.29, 0.717) is 35.3 Å². The molecule has 4 rings (SSSR count). The number of rotatable bonds is 5. The second-order valence-corrected chi connectivity index (χ2v) is 8.46. The number of fused-ring (bicyclic) bond motifs is 2. The van der Waals surface area contributed by atoms with Gasteiger partial charge in [0, 0.05) is 26.0 Å². The van der Waals surface area contributed by atoms with Crippen LogP contribution in [0.4, 0.5) is 8.78 Å². The van der Waals surface area contributed by atoms with E-state index in [2.05, 4.69) is 11.1 Å². The number of aliphatic hydroxyl groups is 1. The van der Waals surface area contributed by atoms with Crippen LogP contribution in [0.5, 0.6) is 5.75 Å². The monoisotopic (exact) mass is 443 g/mol. The van der Waals surface area contributed by atoms with Gasteiger partial charge in [0.2, 0.25) is 11.7 Å². The fourth-order valence-corrected chi connectivity index (χ4v) is 4.31. The fourth-order valence-electron chi connectivity index (χ4n) is 4.31. The van der Waals surface area contributed by atoms with Crippen molar-refractivity contribution in [1.82, 2.24) is 5.06 Å². The van der Waals surface area contributed by atoms with Crippen LogP contribution in [0.25, 0.3) is 11.1 Å². The van der Waals surface area contributed by atoms with Crippen LogP contribution < -0.4 is 10.5 Å². The van der Waals surface area contributed by atoms with Crippen LogP contribution >= 0.6 is 0 Å². The van der Waals surface area contributed by atoms with Crippen molar-refractivity contribution in [3.05, 3.63) is 65.2 Å². The van der Waals surface area contributed by atoms with Gasteiger partial charge in [-0.2, -0.15) is 0 Å². The van der Waals surface area contributed by atoms with Gasteiger partial charge in [-0.1, -0.05) is 23.8 Å².